The summed E-state index contributed by atoms with van der Waals surface area (Å²) in [6.07, 6.45) is 0.848. The van der Waals surface area contributed by atoms with Gasteiger partial charge in [0.25, 0.3) is 11.8 Å². The van der Waals surface area contributed by atoms with Crippen molar-refractivity contribution in [2.45, 2.75) is 19.4 Å². The van der Waals surface area contributed by atoms with Gasteiger partial charge >= 0.3 is 0 Å². The number of nitrogens with one attached hydrogen (secondary N) is 2. The summed E-state index contributed by atoms with van der Waals surface area (Å²) < 4.78 is 0. The molecular weight excluding hydrogens is 304 g/mol. The lowest BCUT2D eigenvalue weighted by molar-refractivity contribution is 0.0916. The van der Waals surface area contributed by atoms with Gasteiger partial charge in [-0.1, -0.05) is 43.3 Å². The Bertz CT molecular complexity index is 686. The highest BCUT2D eigenvalue weighted by Gasteiger charge is 2.16. The van der Waals surface area contributed by atoms with Crippen LogP contribution in [0.1, 0.15) is 45.7 Å². The Labute approximate surface area is 141 Å². The molecule has 0 saturated heterocycles. The van der Waals surface area contributed by atoms with Gasteiger partial charge in [0.05, 0.1) is 12.6 Å². The van der Waals surface area contributed by atoms with Crippen LogP contribution in [0.5, 0.6) is 0 Å². The minimum absolute atomic E-state index is 0.201. The lowest BCUT2D eigenvalue weighted by atomic mass is 10.1. The molecule has 0 radical (unpaired) electrons. The van der Waals surface area contributed by atoms with Crippen LogP contribution in [0.4, 0.5) is 0 Å². The largest absolute Gasteiger partial charge is 0.394 e. The van der Waals surface area contributed by atoms with Crippen molar-refractivity contribution in [2.75, 3.05) is 13.2 Å². The first-order valence-electron chi connectivity index (χ1n) is 8.00. The monoisotopic (exact) mass is 326 g/mol. The van der Waals surface area contributed by atoms with Crippen LogP contribution in [0.25, 0.3) is 0 Å². The van der Waals surface area contributed by atoms with Crippen molar-refractivity contribution in [1.29, 1.82) is 0 Å². The summed E-state index contributed by atoms with van der Waals surface area (Å²) in [5.74, 6) is -0.531. The first-order chi connectivity index (χ1) is 11.7. The number of amides is 2. The molecule has 2 rings (SSSR count). The maximum Gasteiger partial charge on any atom is 0.251 e. The van der Waals surface area contributed by atoms with Gasteiger partial charge < -0.3 is 15.7 Å². The summed E-state index contributed by atoms with van der Waals surface area (Å²) in [4.78, 5) is 24.4. The predicted octanol–water partition coefficient (Wildman–Crippen LogP) is 2.29. The van der Waals surface area contributed by atoms with E-state index in [9.17, 15) is 14.7 Å². The third-order valence-corrected chi connectivity index (χ3v) is 3.61. The highest BCUT2D eigenvalue weighted by Crippen LogP contribution is 2.13. The summed E-state index contributed by atoms with van der Waals surface area (Å²) in [6, 6.07) is 15.3. The number of rotatable bonds is 7. The van der Waals surface area contributed by atoms with Crippen molar-refractivity contribution in [3.63, 3.8) is 0 Å². The number of hydrogen-bond donors (Lipinski definition) is 3. The van der Waals surface area contributed by atoms with Gasteiger partial charge in [-0.05, 0) is 30.2 Å². The highest BCUT2D eigenvalue weighted by molar-refractivity contribution is 5.99. The standard InChI is InChI=1S/C19H22N2O3/c1-2-11-20-18(23)15-9-6-10-16(12-15)19(24)21-17(13-22)14-7-4-3-5-8-14/h3-10,12,17,22H,2,11,13H2,1H3,(H,20,23)(H,21,24). The Balaban J connectivity index is 2.10. The molecule has 24 heavy (non-hydrogen) atoms. The number of benzene rings is 2. The van der Waals surface area contributed by atoms with E-state index in [1.807, 2.05) is 37.3 Å². The van der Waals surface area contributed by atoms with Crippen LogP contribution >= 0.6 is 0 Å². The van der Waals surface area contributed by atoms with E-state index in [0.717, 1.165) is 12.0 Å². The molecule has 0 bridgehead atoms. The summed E-state index contributed by atoms with van der Waals surface area (Å²) in [5.41, 5.74) is 1.65. The molecule has 0 heterocycles. The predicted molar refractivity (Wildman–Crippen MR) is 92.8 cm³/mol. The Hall–Kier alpha value is -2.66. The van der Waals surface area contributed by atoms with Gasteiger partial charge in [0, 0.05) is 17.7 Å². The van der Waals surface area contributed by atoms with E-state index >= 15 is 0 Å². The molecule has 5 nitrogen and oxygen atoms in total. The fraction of sp³-hybridized carbons (Fsp3) is 0.263. The van der Waals surface area contributed by atoms with Gasteiger partial charge in [0.1, 0.15) is 0 Å². The maximum atomic E-state index is 12.4. The second-order valence-electron chi connectivity index (χ2n) is 5.46. The third kappa shape index (κ3) is 4.67. The maximum absolute atomic E-state index is 12.4. The van der Waals surface area contributed by atoms with Crippen molar-refractivity contribution in [3.05, 3.63) is 71.3 Å². The first kappa shape index (κ1) is 17.7. The zero-order chi connectivity index (χ0) is 17.4. The molecule has 3 N–H and O–H groups in total. The van der Waals surface area contributed by atoms with Gasteiger partial charge in [-0.15, -0.1) is 0 Å². The molecule has 2 amide bonds. The van der Waals surface area contributed by atoms with Crippen molar-refractivity contribution in [1.82, 2.24) is 10.6 Å². The minimum Gasteiger partial charge on any atom is -0.394 e. The van der Waals surface area contributed by atoms with Crippen molar-refractivity contribution in [3.8, 4) is 0 Å². The second kappa shape index (κ2) is 8.84. The topological polar surface area (TPSA) is 78.4 Å². The Morgan fingerprint density at radius 2 is 1.67 bits per heavy atom. The van der Waals surface area contributed by atoms with Crippen molar-refractivity contribution < 1.29 is 14.7 Å². The fourth-order valence-electron chi connectivity index (χ4n) is 2.30. The molecule has 0 spiro atoms. The number of hydrogen-bond acceptors (Lipinski definition) is 3. The first-order valence-corrected chi connectivity index (χ1v) is 8.00. The molecule has 1 atom stereocenters. The summed E-state index contributed by atoms with van der Waals surface area (Å²) in [6.45, 7) is 2.37. The van der Waals surface area contributed by atoms with E-state index in [1.54, 1.807) is 24.3 Å². The molecule has 1 unspecified atom stereocenters. The Kier molecular flexibility index (Phi) is 6.51. The van der Waals surface area contributed by atoms with Gasteiger partial charge in [0.15, 0.2) is 0 Å². The SMILES string of the molecule is CCCNC(=O)c1cccc(C(=O)NC(CO)c2ccccc2)c1. The van der Waals surface area contributed by atoms with Crippen LogP contribution in [0.3, 0.4) is 0 Å². The smallest absolute Gasteiger partial charge is 0.251 e. The molecule has 0 saturated carbocycles. The quantitative estimate of drug-likeness (QED) is 0.730. The molecule has 5 heteroatoms. The van der Waals surface area contributed by atoms with Crippen molar-refractivity contribution in [2.24, 2.45) is 0 Å². The van der Waals surface area contributed by atoms with Crippen LogP contribution in [-0.4, -0.2) is 30.1 Å². The van der Waals surface area contributed by atoms with Gasteiger partial charge in [-0.2, -0.15) is 0 Å². The van der Waals surface area contributed by atoms with Gasteiger partial charge in [-0.25, -0.2) is 0 Å². The molecule has 2 aromatic carbocycles. The van der Waals surface area contributed by atoms with Crippen LogP contribution in [0.2, 0.25) is 0 Å². The third-order valence-electron chi connectivity index (χ3n) is 3.61. The van der Waals surface area contributed by atoms with E-state index in [2.05, 4.69) is 10.6 Å². The lowest BCUT2D eigenvalue weighted by Gasteiger charge is -2.17. The van der Waals surface area contributed by atoms with Crippen LogP contribution in [-0.2, 0) is 0 Å². The van der Waals surface area contributed by atoms with E-state index in [0.29, 0.717) is 17.7 Å². The Morgan fingerprint density at radius 1 is 1.00 bits per heavy atom. The molecule has 0 fully saturated rings. The molecule has 2 aromatic rings. The fourth-order valence-corrected chi connectivity index (χ4v) is 2.30. The molecule has 0 aliphatic rings. The zero-order valence-corrected chi connectivity index (χ0v) is 13.7. The average Bonchev–Trinajstić information content (AvgIpc) is 2.64. The molecular formula is C19H22N2O3. The highest BCUT2D eigenvalue weighted by atomic mass is 16.3. The minimum atomic E-state index is -0.490. The normalized spacial score (nSPS) is 11.6. The number of carbonyl (C=O) groups is 2. The van der Waals surface area contributed by atoms with E-state index in [1.165, 1.54) is 0 Å². The summed E-state index contributed by atoms with van der Waals surface area (Å²) in [5, 5.41) is 15.1. The number of aliphatic hydroxyl groups is 1. The molecule has 0 aliphatic carbocycles. The second-order valence-corrected chi connectivity index (χ2v) is 5.46. The Morgan fingerprint density at radius 3 is 2.29 bits per heavy atom. The zero-order valence-electron chi connectivity index (χ0n) is 13.7. The molecule has 0 aromatic heterocycles. The van der Waals surface area contributed by atoms with Crippen LogP contribution in [0, 0.1) is 0 Å². The lowest BCUT2D eigenvalue weighted by Crippen LogP contribution is -2.31. The number of carbonyl (C=O) groups excluding carboxylic acids is 2. The van der Waals surface area contributed by atoms with Gasteiger partial charge in [-0.3, -0.25) is 9.59 Å². The average molecular weight is 326 g/mol. The van der Waals surface area contributed by atoms with Gasteiger partial charge in [0.2, 0.25) is 0 Å². The molecule has 0 aliphatic heterocycles. The van der Waals surface area contributed by atoms with E-state index < -0.39 is 6.04 Å². The van der Waals surface area contributed by atoms with Crippen LogP contribution in [0.15, 0.2) is 54.6 Å². The van der Waals surface area contributed by atoms with E-state index in [4.69, 9.17) is 0 Å². The van der Waals surface area contributed by atoms with Crippen LogP contribution < -0.4 is 10.6 Å². The van der Waals surface area contributed by atoms with Crippen molar-refractivity contribution >= 4 is 11.8 Å². The summed E-state index contributed by atoms with van der Waals surface area (Å²) in [7, 11) is 0. The van der Waals surface area contributed by atoms with E-state index in [-0.39, 0.29) is 18.4 Å². The number of aliphatic hydroxyl groups excluding tert-OH is 1. The molecule has 126 valence electrons. The summed E-state index contributed by atoms with van der Waals surface area (Å²) >= 11 is 0.